The summed E-state index contributed by atoms with van der Waals surface area (Å²) in [6, 6.07) is 15.2. The van der Waals surface area contributed by atoms with Crippen LogP contribution >= 0.6 is 0 Å². The van der Waals surface area contributed by atoms with Gasteiger partial charge in [-0.3, -0.25) is 24.3 Å². The van der Waals surface area contributed by atoms with Gasteiger partial charge in [-0.25, -0.2) is 4.98 Å². The van der Waals surface area contributed by atoms with Crippen molar-refractivity contribution < 1.29 is 9.72 Å². The highest BCUT2D eigenvalue weighted by atomic mass is 16.6. The SMILES string of the molecule is Cc1c(C(=O)NCCn2cnc(-c3ccccc3)cc2=O)cccc1[N+](=O)[O-]. The molecule has 1 amide bonds. The molecule has 0 bridgehead atoms. The Morgan fingerprint density at radius 1 is 1.18 bits per heavy atom. The number of aromatic nitrogens is 2. The van der Waals surface area contributed by atoms with Gasteiger partial charge >= 0.3 is 0 Å². The summed E-state index contributed by atoms with van der Waals surface area (Å²) in [5, 5.41) is 13.7. The Morgan fingerprint density at radius 2 is 1.93 bits per heavy atom. The molecule has 28 heavy (non-hydrogen) atoms. The molecule has 0 saturated heterocycles. The van der Waals surface area contributed by atoms with Gasteiger partial charge in [-0.1, -0.05) is 36.4 Å². The van der Waals surface area contributed by atoms with E-state index in [0.29, 0.717) is 11.3 Å². The molecule has 142 valence electrons. The molecule has 1 heterocycles. The number of nitrogens with zero attached hydrogens (tertiary/aromatic N) is 3. The average molecular weight is 378 g/mol. The molecule has 0 fully saturated rings. The second-order valence-electron chi connectivity index (χ2n) is 6.13. The molecule has 1 aromatic heterocycles. The van der Waals surface area contributed by atoms with Gasteiger partial charge in [0, 0.05) is 41.9 Å². The summed E-state index contributed by atoms with van der Waals surface area (Å²) in [4.78, 5) is 39.3. The highest BCUT2D eigenvalue weighted by Crippen LogP contribution is 2.20. The van der Waals surface area contributed by atoms with Crippen LogP contribution in [-0.2, 0) is 6.54 Å². The fourth-order valence-electron chi connectivity index (χ4n) is 2.81. The topological polar surface area (TPSA) is 107 Å². The molecule has 1 N–H and O–H groups in total. The molecule has 0 aliphatic rings. The minimum Gasteiger partial charge on any atom is -0.350 e. The zero-order valence-corrected chi connectivity index (χ0v) is 15.2. The lowest BCUT2D eigenvalue weighted by Crippen LogP contribution is -2.31. The Labute approximate surface area is 160 Å². The van der Waals surface area contributed by atoms with Gasteiger partial charge in [0.15, 0.2) is 0 Å². The summed E-state index contributed by atoms with van der Waals surface area (Å²) in [5.41, 5.74) is 1.63. The van der Waals surface area contributed by atoms with Crippen molar-refractivity contribution in [3.05, 3.63) is 92.5 Å². The molecular formula is C20H18N4O4. The quantitative estimate of drug-likeness (QED) is 0.524. The Kier molecular flexibility index (Phi) is 5.59. The highest BCUT2D eigenvalue weighted by Gasteiger charge is 2.17. The average Bonchev–Trinajstić information content (AvgIpc) is 2.69. The number of nitrogens with one attached hydrogen (secondary N) is 1. The van der Waals surface area contributed by atoms with Crippen LogP contribution in [0.1, 0.15) is 15.9 Å². The molecule has 0 spiro atoms. The van der Waals surface area contributed by atoms with Crippen molar-refractivity contribution in [3.8, 4) is 11.3 Å². The van der Waals surface area contributed by atoms with Gasteiger partial charge in [-0.2, -0.15) is 0 Å². The van der Waals surface area contributed by atoms with E-state index in [1.807, 2.05) is 30.3 Å². The van der Waals surface area contributed by atoms with Gasteiger partial charge in [0.05, 0.1) is 16.9 Å². The minimum atomic E-state index is -0.522. The summed E-state index contributed by atoms with van der Waals surface area (Å²) >= 11 is 0. The van der Waals surface area contributed by atoms with Crippen LogP contribution in [0.2, 0.25) is 0 Å². The lowest BCUT2D eigenvalue weighted by molar-refractivity contribution is -0.385. The normalized spacial score (nSPS) is 10.5. The Hall–Kier alpha value is -3.81. The Bertz CT molecular complexity index is 1080. The van der Waals surface area contributed by atoms with Gasteiger partial charge in [0.1, 0.15) is 0 Å². The summed E-state index contributed by atoms with van der Waals surface area (Å²) in [5.74, 6) is -0.428. The zero-order valence-electron chi connectivity index (χ0n) is 15.2. The maximum Gasteiger partial charge on any atom is 0.273 e. The third kappa shape index (κ3) is 4.12. The van der Waals surface area contributed by atoms with E-state index >= 15 is 0 Å². The second kappa shape index (κ2) is 8.26. The van der Waals surface area contributed by atoms with Gasteiger partial charge in [-0.15, -0.1) is 0 Å². The van der Waals surface area contributed by atoms with Crippen LogP contribution in [0, 0.1) is 17.0 Å². The molecule has 0 atom stereocenters. The largest absolute Gasteiger partial charge is 0.350 e. The first-order chi connectivity index (χ1) is 13.5. The molecule has 0 aliphatic heterocycles. The molecular weight excluding hydrogens is 360 g/mol. The monoisotopic (exact) mass is 378 g/mol. The van der Waals surface area contributed by atoms with E-state index in [4.69, 9.17) is 0 Å². The van der Waals surface area contributed by atoms with Crippen LogP contribution < -0.4 is 10.9 Å². The molecule has 3 aromatic rings. The first-order valence-corrected chi connectivity index (χ1v) is 8.61. The second-order valence-corrected chi connectivity index (χ2v) is 6.13. The summed E-state index contributed by atoms with van der Waals surface area (Å²) in [6.45, 7) is 1.96. The lowest BCUT2D eigenvalue weighted by Gasteiger charge is -2.09. The van der Waals surface area contributed by atoms with Gasteiger partial charge in [-0.05, 0) is 13.0 Å². The highest BCUT2D eigenvalue weighted by molar-refractivity contribution is 5.96. The number of benzene rings is 2. The van der Waals surface area contributed by atoms with Crippen molar-refractivity contribution >= 4 is 11.6 Å². The maximum atomic E-state index is 12.3. The third-order valence-corrected chi connectivity index (χ3v) is 4.33. The van der Waals surface area contributed by atoms with E-state index in [2.05, 4.69) is 10.3 Å². The first kappa shape index (κ1) is 19.0. The Morgan fingerprint density at radius 3 is 2.61 bits per heavy atom. The fraction of sp³-hybridized carbons (Fsp3) is 0.150. The molecule has 0 saturated carbocycles. The number of carbonyl (C=O) groups excluding carboxylic acids is 1. The van der Waals surface area contributed by atoms with E-state index in [1.54, 1.807) is 0 Å². The van der Waals surface area contributed by atoms with Gasteiger partial charge in [0.25, 0.3) is 17.2 Å². The van der Waals surface area contributed by atoms with E-state index < -0.39 is 10.8 Å². The molecule has 0 radical (unpaired) electrons. The van der Waals surface area contributed by atoms with E-state index in [-0.39, 0.29) is 29.9 Å². The summed E-state index contributed by atoms with van der Waals surface area (Å²) < 4.78 is 1.40. The van der Waals surface area contributed by atoms with Crippen molar-refractivity contribution in [2.24, 2.45) is 0 Å². The third-order valence-electron chi connectivity index (χ3n) is 4.33. The zero-order chi connectivity index (χ0) is 20.1. The Balaban J connectivity index is 1.66. The fourth-order valence-corrected chi connectivity index (χ4v) is 2.81. The number of amides is 1. The van der Waals surface area contributed by atoms with Crippen molar-refractivity contribution in [1.82, 2.24) is 14.9 Å². The van der Waals surface area contributed by atoms with Crippen LogP contribution in [0.4, 0.5) is 5.69 Å². The number of hydrogen-bond acceptors (Lipinski definition) is 5. The van der Waals surface area contributed by atoms with Crippen LogP contribution in [0.3, 0.4) is 0 Å². The van der Waals surface area contributed by atoms with Crippen LogP contribution in [0.5, 0.6) is 0 Å². The van der Waals surface area contributed by atoms with Crippen molar-refractivity contribution in [2.45, 2.75) is 13.5 Å². The number of hydrogen-bond donors (Lipinski definition) is 1. The van der Waals surface area contributed by atoms with E-state index in [9.17, 15) is 19.7 Å². The van der Waals surface area contributed by atoms with Crippen molar-refractivity contribution in [3.63, 3.8) is 0 Å². The first-order valence-electron chi connectivity index (χ1n) is 8.61. The minimum absolute atomic E-state index is 0.107. The lowest BCUT2D eigenvalue weighted by atomic mass is 10.1. The smallest absolute Gasteiger partial charge is 0.273 e. The molecule has 3 rings (SSSR count). The molecule has 8 nitrogen and oxygen atoms in total. The van der Waals surface area contributed by atoms with Crippen molar-refractivity contribution in [1.29, 1.82) is 0 Å². The van der Waals surface area contributed by atoms with Gasteiger partial charge < -0.3 is 5.32 Å². The van der Waals surface area contributed by atoms with Crippen LogP contribution in [0.25, 0.3) is 11.3 Å². The molecule has 0 aliphatic carbocycles. The standard InChI is InChI=1S/C20H18N4O4/c1-14-16(8-5-9-18(14)24(27)28)20(26)21-10-11-23-13-22-17(12-19(23)25)15-6-3-2-4-7-15/h2-9,12-13H,10-11H2,1H3,(H,21,26). The van der Waals surface area contributed by atoms with Crippen molar-refractivity contribution in [2.75, 3.05) is 6.54 Å². The number of rotatable bonds is 6. The van der Waals surface area contributed by atoms with Crippen LogP contribution in [-0.4, -0.2) is 26.9 Å². The van der Waals surface area contributed by atoms with Gasteiger partial charge in [0.2, 0.25) is 0 Å². The summed E-state index contributed by atoms with van der Waals surface area (Å²) in [6.07, 6.45) is 1.44. The van der Waals surface area contributed by atoms with E-state index in [1.165, 1.54) is 42.1 Å². The number of nitro benzene ring substituents is 1. The molecule has 2 aromatic carbocycles. The number of nitro groups is 1. The molecule has 8 heteroatoms. The maximum absolute atomic E-state index is 12.3. The van der Waals surface area contributed by atoms with E-state index in [0.717, 1.165) is 5.56 Å². The summed E-state index contributed by atoms with van der Waals surface area (Å²) in [7, 11) is 0. The number of carbonyl (C=O) groups is 1. The van der Waals surface area contributed by atoms with Crippen LogP contribution in [0.15, 0.2) is 65.7 Å². The molecule has 0 unspecified atom stereocenters. The predicted octanol–water partition coefficient (Wildman–Crippen LogP) is 2.56. The predicted molar refractivity (Wildman–Crippen MR) is 104 cm³/mol.